The number of aliphatic hydroxyl groups is 11. The quantitative estimate of drug-likeness (QED) is 0.149. The second kappa shape index (κ2) is 11.4. The first kappa shape index (κ1) is 28.9. The molecule has 0 aliphatic carbocycles. The zero-order chi connectivity index (χ0) is 26.2. The largest absolute Gasteiger partial charge is 0.394 e. The molecule has 206 valence electrons. The Morgan fingerprint density at radius 1 is 0.629 bits per heavy atom. The van der Waals surface area contributed by atoms with E-state index < -0.39 is 111 Å². The molecule has 16 heteroatoms. The molecular formula is C19H34O16. The van der Waals surface area contributed by atoms with E-state index in [0.717, 1.165) is 6.92 Å². The van der Waals surface area contributed by atoms with Crippen molar-refractivity contribution in [3.05, 3.63) is 0 Å². The number of aliphatic hydroxyl groups excluding tert-OH is 10. The lowest BCUT2D eigenvalue weighted by atomic mass is 9.86. The number of ether oxygens (including phenoxy) is 5. The molecule has 0 radical (unpaired) electrons. The second-order valence-electron chi connectivity index (χ2n) is 8.97. The van der Waals surface area contributed by atoms with E-state index in [4.69, 9.17) is 23.7 Å². The van der Waals surface area contributed by atoms with Gasteiger partial charge in [-0.2, -0.15) is 0 Å². The van der Waals surface area contributed by atoms with Gasteiger partial charge in [-0.1, -0.05) is 0 Å². The lowest BCUT2D eigenvalue weighted by Gasteiger charge is -2.49. The van der Waals surface area contributed by atoms with Gasteiger partial charge in [-0.25, -0.2) is 0 Å². The van der Waals surface area contributed by atoms with Crippen LogP contribution in [-0.4, -0.2) is 168 Å². The van der Waals surface area contributed by atoms with Gasteiger partial charge in [0, 0.05) is 0 Å². The van der Waals surface area contributed by atoms with Crippen molar-refractivity contribution in [1.29, 1.82) is 0 Å². The maximum Gasteiger partial charge on any atom is 0.187 e. The van der Waals surface area contributed by atoms with Gasteiger partial charge < -0.3 is 79.9 Å². The van der Waals surface area contributed by atoms with Crippen LogP contribution in [-0.2, 0) is 23.7 Å². The highest BCUT2D eigenvalue weighted by Crippen LogP contribution is 2.34. The van der Waals surface area contributed by atoms with E-state index in [9.17, 15) is 56.2 Å². The fraction of sp³-hybridized carbons (Fsp3) is 1.00. The minimum absolute atomic E-state index is 0.763. The summed E-state index contributed by atoms with van der Waals surface area (Å²) in [6, 6.07) is 0. The standard InChI is InChI=1S/C19H34O16/c1-19(30)7(4-22)33-18(12(27)15(19)28)35-14-6(3-21)32-17(11(26)9(14)24)34-13-5(2-20)31-16(29)10(25)8(13)23/h5-18,20-30H,2-4H2,1H3/t5?,6?,7?,8?,9?,10?,11?,12?,13-,14-,15?,16+,17-,18-,19-/m1/s1. The van der Waals surface area contributed by atoms with Crippen molar-refractivity contribution in [2.45, 2.75) is 98.5 Å². The smallest absolute Gasteiger partial charge is 0.187 e. The van der Waals surface area contributed by atoms with Crippen LogP contribution in [0.15, 0.2) is 0 Å². The highest BCUT2D eigenvalue weighted by Gasteiger charge is 2.55. The van der Waals surface area contributed by atoms with Crippen molar-refractivity contribution >= 4 is 0 Å². The van der Waals surface area contributed by atoms with E-state index in [1.165, 1.54) is 0 Å². The molecule has 0 amide bonds. The second-order valence-corrected chi connectivity index (χ2v) is 8.97. The molecule has 35 heavy (non-hydrogen) atoms. The molecule has 0 saturated carbocycles. The first-order valence-electron chi connectivity index (χ1n) is 11.0. The minimum atomic E-state index is -2.05. The Bertz CT molecular complexity index is 673. The maximum absolute atomic E-state index is 10.7. The van der Waals surface area contributed by atoms with Gasteiger partial charge in [-0.15, -0.1) is 0 Å². The molecule has 3 fully saturated rings. The van der Waals surface area contributed by atoms with Gasteiger partial charge in [0.15, 0.2) is 18.9 Å². The normalized spacial score (nSPS) is 53.5. The van der Waals surface area contributed by atoms with Crippen LogP contribution in [0.3, 0.4) is 0 Å². The highest BCUT2D eigenvalue weighted by atomic mass is 16.8. The summed E-state index contributed by atoms with van der Waals surface area (Å²) in [7, 11) is 0. The van der Waals surface area contributed by atoms with E-state index in [0.29, 0.717) is 0 Å². The molecule has 16 nitrogen and oxygen atoms in total. The number of hydrogen-bond acceptors (Lipinski definition) is 16. The van der Waals surface area contributed by atoms with Crippen LogP contribution in [0.2, 0.25) is 0 Å². The summed E-state index contributed by atoms with van der Waals surface area (Å²) in [4.78, 5) is 0. The summed E-state index contributed by atoms with van der Waals surface area (Å²) in [6.07, 6.45) is -23.7. The molecule has 0 aromatic rings. The topological polar surface area (TPSA) is 269 Å². The van der Waals surface area contributed by atoms with Gasteiger partial charge in [0.25, 0.3) is 0 Å². The molecule has 3 saturated heterocycles. The molecule has 0 bridgehead atoms. The molecule has 3 rings (SSSR count). The van der Waals surface area contributed by atoms with Crippen molar-refractivity contribution in [3.63, 3.8) is 0 Å². The van der Waals surface area contributed by atoms with Gasteiger partial charge in [-0.3, -0.25) is 0 Å². The van der Waals surface area contributed by atoms with Crippen molar-refractivity contribution in [1.82, 2.24) is 0 Å². The Labute approximate surface area is 199 Å². The third kappa shape index (κ3) is 5.48. The molecular weight excluding hydrogens is 484 g/mol. The monoisotopic (exact) mass is 518 g/mol. The number of rotatable bonds is 7. The molecule has 15 atom stereocenters. The molecule has 0 aromatic heterocycles. The van der Waals surface area contributed by atoms with E-state index in [-0.39, 0.29) is 0 Å². The van der Waals surface area contributed by atoms with Crippen molar-refractivity contribution < 1.29 is 79.9 Å². The average Bonchev–Trinajstić information content (AvgIpc) is 2.83. The first-order chi connectivity index (χ1) is 16.4. The zero-order valence-electron chi connectivity index (χ0n) is 18.7. The van der Waals surface area contributed by atoms with Crippen LogP contribution in [0, 0.1) is 0 Å². The molecule has 0 spiro atoms. The van der Waals surface area contributed by atoms with Gasteiger partial charge >= 0.3 is 0 Å². The van der Waals surface area contributed by atoms with Crippen LogP contribution in [0.25, 0.3) is 0 Å². The predicted molar refractivity (Wildman–Crippen MR) is 106 cm³/mol. The summed E-state index contributed by atoms with van der Waals surface area (Å²) >= 11 is 0. The molecule has 11 N–H and O–H groups in total. The van der Waals surface area contributed by atoms with Crippen LogP contribution in [0.1, 0.15) is 6.92 Å². The van der Waals surface area contributed by atoms with Crippen molar-refractivity contribution in [3.8, 4) is 0 Å². The summed E-state index contributed by atoms with van der Waals surface area (Å²) in [5, 5.41) is 110. The van der Waals surface area contributed by atoms with E-state index in [2.05, 4.69) is 0 Å². The Hall–Kier alpha value is -0.640. The van der Waals surface area contributed by atoms with Gasteiger partial charge in [0.1, 0.15) is 72.7 Å². The van der Waals surface area contributed by atoms with Crippen LogP contribution >= 0.6 is 0 Å². The fourth-order valence-electron chi connectivity index (χ4n) is 4.28. The Morgan fingerprint density at radius 2 is 1.11 bits per heavy atom. The SMILES string of the molecule is C[C@@]1(O)C(CO)O[C@H](O[C@@H]2C(CO)O[C@H](O[C@@H]3C(CO)O[C@H](O)C(O)C3O)C(O)C2O)C(O)C1O. The van der Waals surface area contributed by atoms with Gasteiger partial charge in [-0.05, 0) is 6.92 Å². The van der Waals surface area contributed by atoms with Gasteiger partial charge in [0.2, 0.25) is 0 Å². The molecule has 0 aromatic carbocycles. The van der Waals surface area contributed by atoms with Crippen LogP contribution in [0.5, 0.6) is 0 Å². The molecule has 3 aliphatic rings. The predicted octanol–water partition coefficient (Wildman–Crippen LogP) is -7.18. The molecule has 3 aliphatic heterocycles. The third-order valence-electron chi connectivity index (χ3n) is 6.56. The summed E-state index contributed by atoms with van der Waals surface area (Å²) in [5.41, 5.74) is -2.05. The minimum Gasteiger partial charge on any atom is -0.394 e. The average molecular weight is 518 g/mol. The van der Waals surface area contributed by atoms with Crippen molar-refractivity contribution in [2.24, 2.45) is 0 Å². The third-order valence-corrected chi connectivity index (χ3v) is 6.56. The summed E-state index contributed by atoms with van der Waals surface area (Å²) in [5.74, 6) is 0. The highest BCUT2D eigenvalue weighted by molar-refractivity contribution is 5.00. The lowest BCUT2D eigenvalue weighted by molar-refractivity contribution is -0.383. The fourth-order valence-corrected chi connectivity index (χ4v) is 4.28. The number of hydrogen-bond donors (Lipinski definition) is 11. The van der Waals surface area contributed by atoms with E-state index >= 15 is 0 Å². The maximum atomic E-state index is 10.7. The molecule has 9 unspecified atom stereocenters. The lowest BCUT2D eigenvalue weighted by Crippen LogP contribution is -2.68. The van der Waals surface area contributed by atoms with E-state index in [1.54, 1.807) is 0 Å². The summed E-state index contributed by atoms with van der Waals surface area (Å²) in [6.45, 7) is -1.23. The van der Waals surface area contributed by atoms with E-state index in [1.807, 2.05) is 0 Å². The van der Waals surface area contributed by atoms with Gasteiger partial charge in [0.05, 0.1) is 19.8 Å². The molecule has 3 heterocycles. The van der Waals surface area contributed by atoms with Crippen LogP contribution < -0.4 is 0 Å². The van der Waals surface area contributed by atoms with Crippen molar-refractivity contribution in [2.75, 3.05) is 19.8 Å². The zero-order valence-corrected chi connectivity index (χ0v) is 18.7. The summed E-state index contributed by atoms with van der Waals surface area (Å²) < 4.78 is 26.6. The van der Waals surface area contributed by atoms with Crippen LogP contribution in [0.4, 0.5) is 0 Å². The Kier molecular flexibility index (Phi) is 9.42. The first-order valence-corrected chi connectivity index (χ1v) is 11.0. The Balaban J connectivity index is 1.73. The Morgan fingerprint density at radius 3 is 1.63 bits per heavy atom.